The van der Waals surface area contributed by atoms with Gasteiger partial charge in [0.25, 0.3) is 0 Å². The molecule has 1 aliphatic rings. The second-order valence-corrected chi connectivity index (χ2v) is 4.82. The predicted molar refractivity (Wildman–Crippen MR) is 71.4 cm³/mol. The van der Waals surface area contributed by atoms with Gasteiger partial charge in [-0.25, -0.2) is 9.97 Å². The summed E-state index contributed by atoms with van der Waals surface area (Å²) >= 11 is 5.85. The van der Waals surface area contributed by atoms with Crippen LogP contribution >= 0.6 is 11.6 Å². The van der Waals surface area contributed by atoms with Crippen LogP contribution < -0.4 is 10.6 Å². The Bertz CT molecular complexity index is 503. The summed E-state index contributed by atoms with van der Waals surface area (Å²) < 4.78 is 0. The standard InChI is InChI=1S/C12H15ClN4O2/c1-7-15-11(13)9(6-18)12(16-7)14-5-4-10(19)17-8-2-3-8/h6,8H,2-5H2,1H3,(H,17,19)(H,14,15,16). The zero-order chi connectivity index (χ0) is 13.8. The summed E-state index contributed by atoms with van der Waals surface area (Å²) in [5.74, 6) is 0.840. The SMILES string of the molecule is Cc1nc(Cl)c(C=O)c(NCCC(=O)NC2CC2)n1. The molecular weight excluding hydrogens is 268 g/mol. The van der Waals surface area contributed by atoms with Crippen LogP contribution in [-0.4, -0.2) is 34.7 Å². The fourth-order valence-electron chi connectivity index (χ4n) is 1.61. The quantitative estimate of drug-likeness (QED) is 0.607. The molecule has 0 atom stereocenters. The van der Waals surface area contributed by atoms with E-state index in [4.69, 9.17) is 11.6 Å². The van der Waals surface area contributed by atoms with Crippen molar-refractivity contribution in [3.8, 4) is 0 Å². The number of amides is 1. The molecular formula is C12H15ClN4O2. The predicted octanol–water partition coefficient (Wildman–Crippen LogP) is 1.33. The third kappa shape index (κ3) is 3.89. The number of hydrogen-bond acceptors (Lipinski definition) is 5. The van der Waals surface area contributed by atoms with Crippen molar-refractivity contribution in [1.29, 1.82) is 0 Å². The number of carbonyl (C=O) groups excluding carboxylic acids is 2. The van der Waals surface area contributed by atoms with Crippen LogP contribution in [0.1, 0.15) is 35.4 Å². The maximum Gasteiger partial charge on any atom is 0.221 e. The van der Waals surface area contributed by atoms with Crippen molar-refractivity contribution in [2.24, 2.45) is 0 Å². The number of aryl methyl sites for hydroxylation is 1. The minimum Gasteiger partial charge on any atom is -0.369 e. The Labute approximate surface area is 116 Å². The van der Waals surface area contributed by atoms with Crippen LogP contribution in [0.5, 0.6) is 0 Å². The molecule has 19 heavy (non-hydrogen) atoms. The molecule has 0 aliphatic heterocycles. The van der Waals surface area contributed by atoms with E-state index in [2.05, 4.69) is 20.6 Å². The lowest BCUT2D eigenvalue weighted by molar-refractivity contribution is -0.120. The van der Waals surface area contributed by atoms with E-state index >= 15 is 0 Å². The number of nitrogens with zero attached hydrogens (tertiary/aromatic N) is 2. The largest absolute Gasteiger partial charge is 0.369 e. The highest BCUT2D eigenvalue weighted by Gasteiger charge is 2.22. The highest BCUT2D eigenvalue weighted by molar-refractivity contribution is 6.32. The van der Waals surface area contributed by atoms with Gasteiger partial charge in [-0.2, -0.15) is 0 Å². The van der Waals surface area contributed by atoms with Gasteiger partial charge in [-0.1, -0.05) is 11.6 Å². The third-order valence-electron chi connectivity index (χ3n) is 2.72. The average Bonchev–Trinajstić information content (AvgIpc) is 3.12. The maximum atomic E-state index is 11.5. The topological polar surface area (TPSA) is 84.0 Å². The summed E-state index contributed by atoms with van der Waals surface area (Å²) in [6, 6.07) is 0.355. The summed E-state index contributed by atoms with van der Waals surface area (Å²) in [6.07, 6.45) is 3.06. The molecule has 7 heteroatoms. The summed E-state index contributed by atoms with van der Waals surface area (Å²) in [6.45, 7) is 2.08. The van der Waals surface area contributed by atoms with Gasteiger partial charge in [-0.3, -0.25) is 9.59 Å². The van der Waals surface area contributed by atoms with Gasteiger partial charge in [-0.15, -0.1) is 0 Å². The zero-order valence-corrected chi connectivity index (χ0v) is 11.3. The molecule has 0 bridgehead atoms. The highest BCUT2D eigenvalue weighted by atomic mass is 35.5. The van der Waals surface area contributed by atoms with Crippen molar-refractivity contribution >= 4 is 29.6 Å². The molecule has 6 nitrogen and oxygen atoms in total. The monoisotopic (exact) mass is 282 g/mol. The summed E-state index contributed by atoms with van der Waals surface area (Å²) in [7, 11) is 0. The van der Waals surface area contributed by atoms with Crippen molar-refractivity contribution in [3.63, 3.8) is 0 Å². The number of carbonyl (C=O) groups is 2. The molecule has 1 fully saturated rings. The molecule has 0 saturated heterocycles. The van der Waals surface area contributed by atoms with E-state index < -0.39 is 0 Å². The van der Waals surface area contributed by atoms with Crippen LogP contribution in [0.2, 0.25) is 5.15 Å². The molecule has 1 amide bonds. The van der Waals surface area contributed by atoms with Gasteiger partial charge in [0.05, 0.1) is 5.56 Å². The lowest BCUT2D eigenvalue weighted by atomic mass is 10.3. The lowest BCUT2D eigenvalue weighted by Gasteiger charge is -2.09. The van der Waals surface area contributed by atoms with E-state index in [1.54, 1.807) is 6.92 Å². The molecule has 0 aromatic carbocycles. The maximum absolute atomic E-state index is 11.5. The number of anilines is 1. The normalized spacial score (nSPS) is 14.0. The number of halogens is 1. The molecule has 1 heterocycles. The highest BCUT2D eigenvalue weighted by Crippen LogP contribution is 2.20. The van der Waals surface area contributed by atoms with Crippen molar-refractivity contribution in [2.75, 3.05) is 11.9 Å². The number of aromatic nitrogens is 2. The first-order valence-electron chi connectivity index (χ1n) is 6.12. The van der Waals surface area contributed by atoms with Gasteiger partial charge in [0.1, 0.15) is 16.8 Å². The molecule has 1 aliphatic carbocycles. The van der Waals surface area contributed by atoms with E-state index in [1.807, 2.05) is 0 Å². The summed E-state index contributed by atoms with van der Waals surface area (Å²) in [5, 5.41) is 5.94. The second-order valence-electron chi connectivity index (χ2n) is 4.46. The number of aldehydes is 1. The Balaban J connectivity index is 1.90. The van der Waals surface area contributed by atoms with E-state index in [-0.39, 0.29) is 16.6 Å². The summed E-state index contributed by atoms with van der Waals surface area (Å²) in [4.78, 5) is 30.4. The third-order valence-corrected chi connectivity index (χ3v) is 3.00. The Kier molecular flexibility index (Phi) is 4.31. The first-order chi connectivity index (χ1) is 9.10. The van der Waals surface area contributed by atoms with Crippen molar-refractivity contribution in [3.05, 3.63) is 16.5 Å². The fraction of sp³-hybridized carbons (Fsp3) is 0.500. The first-order valence-corrected chi connectivity index (χ1v) is 6.50. The van der Waals surface area contributed by atoms with Gasteiger partial charge in [0, 0.05) is 19.0 Å². The Morgan fingerprint density at radius 1 is 1.47 bits per heavy atom. The molecule has 1 aromatic heterocycles. The van der Waals surface area contributed by atoms with E-state index in [9.17, 15) is 9.59 Å². The van der Waals surface area contributed by atoms with Crippen LogP contribution in [0.25, 0.3) is 0 Å². The van der Waals surface area contributed by atoms with Crippen molar-refractivity contribution in [2.45, 2.75) is 32.2 Å². The van der Waals surface area contributed by atoms with Gasteiger partial charge in [0.15, 0.2) is 6.29 Å². The van der Waals surface area contributed by atoms with Crippen molar-refractivity contribution in [1.82, 2.24) is 15.3 Å². The van der Waals surface area contributed by atoms with Crippen molar-refractivity contribution < 1.29 is 9.59 Å². The lowest BCUT2D eigenvalue weighted by Crippen LogP contribution is -2.27. The molecule has 0 radical (unpaired) electrons. The van der Waals surface area contributed by atoms with Crippen LogP contribution in [0.15, 0.2) is 0 Å². The smallest absolute Gasteiger partial charge is 0.221 e. The summed E-state index contributed by atoms with van der Waals surface area (Å²) in [5.41, 5.74) is 0.217. The molecule has 0 unspecified atom stereocenters. The fourth-order valence-corrected chi connectivity index (χ4v) is 1.86. The minimum absolute atomic E-state index is 0.000437. The van der Waals surface area contributed by atoms with Crippen LogP contribution in [0.3, 0.4) is 0 Å². The Hall–Kier alpha value is -1.69. The molecule has 2 rings (SSSR count). The average molecular weight is 283 g/mol. The second kappa shape index (κ2) is 5.97. The van der Waals surface area contributed by atoms with E-state index in [0.29, 0.717) is 36.9 Å². The van der Waals surface area contributed by atoms with Gasteiger partial charge in [0.2, 0.25) is 5.91 Å². The van der Waals surface area contributed by atoms with Gasteiger partial charge < -0.3 is 10.6 Å². The van der Waals surface area contributed by atoms with Gasteiger partial charge in [-0.05, 0) is 19.8 Å². The molecule has 1 aromatic rings. The number of nitrogens with one attached hydrogen (secondary N) is 2. The first kappa shape index (κ1) is 13.7. The molecule has 2 N–H and O–H groups in total. The number of hydrogen-bond donors (Lipinski definition) is 2. The van der Waals surface area contributed by atoms with E-state index in [0.717, 1.165) is 12.8 Å². The Morgan fingerprint density at radius 2 is 2.21 bits per heavy atom. The van der Waals surface area contributed by atoms with Crippen LogP contribution in [0, 0.1) is 6.92 Å². The number of rotatable bonds is 6. The van der Waals surface area contributed by atoms with E-state index in [1.165, 1.54) is 0 Å². The Morgan fingerprint density at radius 3 is 2.84 bits per heavy atom. The van der Waals surface area contributed by atoms with Gasteiger partial charge >= 0.3 is 0 Å². The zero-order valence-electron chi connectivity index (χ0n) is 10.6. The minimum atomic E-state index is -0.000437. The van der Waals surface area contributed by atoms with Crippen LogP contribution in [0.4, 0.5) is 5.82 Å². The molecule has 102 valence electrons. The molecule has 1 saturated carbocycles. The molecule has 0 spiro atoms. The van der Waals surface area contributed by atoms with Crippen LogP contribution in [-0.2, 0) is 4.79 Å².